The van der Waals surface area contributed by atoms with Gasteiger partial charge in [-0.1, -0.05) is 0 Å². The van der Waals surface area contributed by atoms with E-state index in [2.05, 4.69) is 0 Å². The lowest BCUT2D eigenvalue weighted by atomic mass is 9.93. The second-order valence-electron chi connectivity index (χ2n) is 2.62. The van der Waals surface area contributed by atoms with E-state index in [1.54, 1.807) is 0 Å². The van der Waals surface area contributed by atoms with Gasteiger partial charge in [-0.3, -0.25) is 4.79 Å². The maximum Gasteiger partial charge on any atom is 0.160 e. The predicted octanol–water partition coefficient (Wildman–Crippen LogP) is 0.426. The summed E-state index contributed by atoms with van der Waals surface area (Å²) in [5.74, 6) is -1.70. The molecule has 0 N–H and O–H groups in total. The molecule has 0 heterocycles. The number of carbonyl (C=O) groups excluding carboxylic acids is 1. The molecule has 4 heteroatoms. The monoisotopic (exact) mass is 168 g/mol. The summed E-state index contributed by atoms with van der Waals surface area (Å²) >= 11 is 0. The molecule has 0 atom stereocenters. The Morgan fingerprint density at radius 1 is 1.33 bits per heavy atom. The van der Waals surface area contributed by atoms with Gasteiger partial charge >= 0.3 is 0 Å². The van der Waals surface area contributed by atoms with Gasteiger partial charge < -0.3 is 0 Å². The number of Topliss-reactive ketones (excluding diaryl/α,β-unsaturated/α-hetero) is 1. The largest absolute Gasteiger partial charge is 0.295 e. The molecule has 1 rings (SSSR count). The molecule has 62 valence electrons. The quantitative estimate of drug-likeness (QED) is 0.438. The fourth-order valence-corrected chi connectivity index (χ4v) is 0.849. The highest BCUT2D eigenvalue weighted by Gasteiger charge is 2.08. The van der Waals surface area contributed by atoms with E-state index in [1.165, 1.54) is 14.8 Å². The van der Waals surface area contributed by atoms with Crippen molar-refractivity contribution in [1.82, 2.24) is 0 Å². The summed E-state index contributed by atoms with van der Waals surface area (Å²) in [6, 6.07) is 2.08. The standard InChI is InChI=1S/C8H7BF2O/c1-4(12)5-2-6(10)8(9)7(11)3-5/h2-3H,9H2,1H3. The van der Waals surface area contributed by atoms with Crippen LogP contribution in [-0.4, -0.2) is 13.6 Å². The van der Waals surface area contributed by atoms with Gasteiger partial charge in [0.1, 0.15) is 19.5 Å². The van der Waals surface area contributed by atoms with E-state index >= 15 is 0 Å². The smallest absolute Gasteiger partial charge is 0.160 e. The first-order valence-electron chi connectivity index (χ1n) is 3.49. The first-order chi connectivity index (χ1) is 5.52. The van der Waals surface area contributed by atoms with E-state index in [9.17, 15) is 13.6 Å². The molecule has 0 spiro atoms. The van der Waals surface area contributed by atoms with E-state index in [1.807, 2.05) is 0 Å². The molecule has 0 unspecified atom stereocenters. The van der Waals surface area contributed by atoms with E-state index in [4.69, 9.17) is 0 Å². The molecule has 0 amide bonds. The Hall–Kier alpha value is -1.19. The van der Waals surface area contributed by atoms with Crippen LogP contribution in [0.2, 0.25) is 0 Å². The molecule has 0 aliphatic carbocycles. The molecule has 0 aliphatic rings. The topological polar surface area (TPSA) is 17.1 Å². The van der Waals surface area contributed by atoms with Gasteiger partial charge in [-0.25, -0.2) is 8.78 Å². The van der Waals surface area contributed by atoms with Gasteiger partial charge in [0.2, 0.25) is 0 Å². The first kappa shape index (κ1) is 8.91. The molecular formula is C8H7BF2O. The number of rotatable bonds is 1. The summed E-state index contributed by atoms with van der Waals surface area (Å²) in [5.41, 5.74) is 0.00981. The van der Waals surface area contributed by atoms with Crippen LogP contribution in [0.4, 0.5) is 8.78 Å². The van der Waals surface area contributed by atoms with Crippen LogP contribution >= 0.6 is 0 Å². The van der Waals surface area contributed by atoms with Crippen molar-refractivity contribution in [3.63, 3.8) is 0 Å². The normalized spacial score (nSPS) is 9.92. The lowest BCUT2D eigenvalue weighted by molar-refractivity contribution is 0.101. The molecule has 1 aromatic carbocycles. The molecular weight excluding hydrogens is 161 g/mol. The summed E-state index contributed by atoms with van der Waals surface area (Å²) in [4.78, 5) is 10.7. The third-order valence-electron chi connectivity index (χ3n) is 1.69. The minimum absolute atomic E-state index is 0.0556. The van der Waals surface area contributed by atoms with Crippen molar-refractivity contribution in [2.75, 3.05) is 0 Å². The van der Waals surface area contributed by atoms with Gasteiger partial charge in [0.05, 0.1) is 0 Å². The van der Waals surface area contributed by atoms with E-state index in [0.29, 0.717) is 0 Å². The van der Waals surface area contributed by atoms with Crippen LogP contribution in [0, 0.1) is 11.6 Å². The van der Waals surface area contributed by atoms with Gasteiger partial charge in [-0.2, -0.15) is 0 Å². The van der Waals surface area contributed by atoms with Gasteiger partial charge in [0.15, 0.2) is 5.78 Å². The highest BCUT2D eigenvalue weighted by atomic mass is 19.1. The molecule has 1 aromatic rings. The molecule has 0 aliphatic heterocycles. The molecule has 12 heavy (non-hydrogen) atoms. The third kappa shape index (κ3) is 1.52. The summed E-state index contributed by atoms with van der Waals surface area (Å²) < 4.78 is 25.6. The van der Waals surface area contributed by atoms with E-state index in [-0.39, 0.29) is 16.8 Å². The van der Waals surface area contributed by atoms with Crippen LogP contribution in [0.1, 0.15) is 17.3 Å². The SMILES string of the molecule is Bc1c(F)cc(C(C)=O)cc1F. The maximum absolute atomic E-state index is 12.8. The molecule has 0 saturated heterocycles. The van der Waals surface area contributed by atoms with Crippen molar-refractivity contribution >= 4 is 19.1 Å². The lowest BCUT2D eigenvalue weighted by Crippen LogP contribution is -2.15. The Kier molecular flexibility index (Phi) is 2.26. The van der Waals surface area contributed by atoms with Crippen molar-refractivity contribution in [3.8, 4) is 0 Å². The second-order valence-corrected chi connectivity index (χ2v) is 2.62. The second kappa shape index (κ2) is 3.05. The molecule has 0 fully saturated rings. The number of carbonyl (C=O) groups is 1. The molecule has 0 radical (unpaired) electrons. The van der Waals surface area contributed by atoms with Crippen LogP contribution in [0.25, 0.3) is 0 Å². The minimum atomic E-state index is -0.680. The average molecular weight is 168 g/mol. The van der Waals surface area contributed by atoms with Crippen LogP contribution in [0.5, 0.6) is 0 Å². The molecule has 0 bridgehead atoms. The maximum atomic E-state index is 12.8. The summed E-state index contributed by atoms with van der Waals surface area (Å²) in [6.07, 6.45) is 0. The Labute approximate surface area is 69.8 Å². The number of hydrogen-bond donors (Lipinski definition) is 0. The van der Waals surface area contributed by atoms with Crippen LogP contribution in [0.3, 0.4) is 0 Å². The number of halogens is 2. The van der Waals surface area contributed by atoms with Crippen LogP contribution in [-0.2, 0) is 0 Å². The highest BCUT2D eigenvalue weighted by molar-refractivity contribution is 6.32. The van der Waals surface area contributed by atoms with E-state index < -0.39 is 11.6 Å². The Morgan fingerprint density at radius 3 is 2.08 bits per heavy atom. The Bertz CT molecular complexity index is 313. The summed E-state index contributed by atoms with van der Waals surface area (Å²) in [6.45, 7) is 1.27. The number of hydrogen-bond acceptors (Lipinski definition) is 1. The zero-order valence-corrected chi connectivity index (χ0v) is 6.82. The fourth-order valence-electron chi connectivity index (χ4n) is 0.849. The Balaban J connectivity index is 3.31. The zero-order chi connectivity index (χ0) is 9.30. The van der Waals surface area contributed by atoms with Crippen LogP contribution < -0.4 is 5.46 Å². The molecule has 0 saturated carbocycles. The van der Waals surface area contributed by atoms with Crippen LogP contribution in [0.15, 0.2) is 12.1 Å². The first-order valence-corrected chi connectivity index (χ1v) is 3.49. The van der Waals surface area contributed by atoms with Gasteiger partial charge in [-0.15, -0.1) is 0 Å². The predicted molar refractivity (Wildman–Crippen MR) is 44.5 cm³/mol. The van der Waals surface area contributed by atoms with Crippen molar-refractivity contribution < 1.29 is 13.6 Å². The molecule has 0 aromatic heterocycles. The summed E-state index contributed by atoms with van der Waals surface area (Å²) in [7, 11) is 1.33. The zero-order valence-electron chi connectivity index (χ0n) is 6.82. The highest BCUT2D eigenvalue weighted by Crippen LogP contribution is 2.05. The average Bonchev–Trinajstić information content (AvgIpc) is 1.99. The van der Waals surface area contributed by atoms with E-state index in [0.717, 1.165) is 12.1 Å². The molecule has 1 nitrogen and oxygen atoms in total. The van der Waals surface area contributed by atoms with Gasteiger partial charge in [0.25, 0.3) is 0 Å². The summed E-state index contributed by atoms with van der Waals surface area (Å²) in [5, 5.41) is 0. The lowest BCUT2D eigenvalue weighted by Gasteiger charge is -2.00. The Morgan fingerprint density at radius 2 is 1.75 bits per heavy atom. The number of ketones is 1. The van der Waals surface area contributed by atoms with Gasteiger partial charge in [-0.05, 0) is 24.5 Å². The number of benzene rings is 1. The fraction of sp³-hybridized carbons (Fsp3) is 0.125. The third-order valence-corrected chi connectivity index (χ3v) is 1.69. The van der Waals surface area contributed by atoms with Crippen molar-refractivity contribution in [3.05, 3.63) is 29.3 Å². The minimum Gasteiger partial charge on any atom is -0.295 e. The van der Waals surface area contributed by atoms with Crippen molar-refractivity contribution in [1.29, 1.82) is 0 Å². The van der Waals surface area contributed by atoms with Gasteiger partial charge in [0, 0.05) is 5.56 Å². The van der Waals surface area contributed by atoms with Crippen molar-refractivity contribution in [2.24, 2.45) is 0 Å². The van der Waals surface area contributed by atoms with Crippen molar-refractivity contribution in [2.45, 2.75) is 6.92 Å².